The Morgan fingerprint density at radius 1 is 1.08 bits per heavy atom. The van der Waals surface area contributed by atoms with Crippen LogP contribution in [0.5, 0.6) is 5.75 Å². The number of aryl methyl sites for hydroxylation is 2. The highest BCUT2D eigenvalue weighted by Crippen LogP contribution is 2.75. The Morgan fingerprint density at radius 2 is 1.86 bits per heavy atom. The van der Waals surface area contributed by atoms with Gasteiger partial charge in [-0.25, -0.2) is 9.97 Å². The molecule has 2 saturated carbocycles. The molecule has 0 radical (unpaired) electrons. The number of fused-ring (bicyclic) bond motifs is 1. The summed E-state index contributed by atoms with van der Waals surface area (Å²) in [7, 11) is 1.82. The van der Waals surface area contributed by atoms with Crippen LogP contribution in [0.15, 0.2) is 24.3 Å². The molecule has 36 heavy (non-hydrogen) atoms. The quantitative estimate of drug-likeness (QED) is 0.587. The molecule has 5 heteroatoms. The van der Waals surface area contributed by atoms with Crippen molar-refractivity contribution in [3.63, 3.8) is 0 Å². The van der Waals surface area contributed by atoms with Crippen LogP contribution in [-0.2, 0) is 11.8 Å². The molecule has 6 atom stereocenters. The van der Waals surface area contributed by atoms with Crippen molar-refractivity contribution < 1.29 is 4.74 Å². The molecule has 0 N–H and O–H groups in total. The fourth-order valence-electron chi connectivity index (χ4n) is 10.1. The summed E-state index contributed by atoms with van der Waals surface area (Å²) < 4.78 is 5.82. The van der Waals surface area contributed by atoms with E-state index in [4.69, 9.17) is 14.7 Å². The van der Waals surface area contributed by atoms with Crippen molar-refractivity contribution in [2.24, 2.45) is 22.7 Å². The van der Waals surface area contributed by atoms with Crippen LogP contribution in [-0.4, -0.2) is 53.7 Å². The minimum Gasteiger partial charge on any atom is -0.497 e. The van der Waals surface area contributed by atoms with Gasteiger partial charge in [0, 0.05) is 42.0 Å². The van der Waals surface area contributed by atoms with Crippen LogP contribution in [0, 0.1) is 36.5 Å². The lowest BCUT2D eigenvalue weighted by atomic mass is 9.43. The van der Waals surface area contributed by atoms with Crippen LogP contribution < -0.4 is 9.64 Å². The number of benzene rings is 1. The Hall–Kier alpha value is -2.14. The minimum atomic E-state index is 0.245. The molecule has 1 aromatic heterocycles. The third-order valence-corrected chi connectivity index (χ3v) is 10.7. The predicted molar refractivity (Wildman–Crippen MR) is 144 cm³/mol. The van der Waals surface area contributed by atoms with Gasteiger partial charge in [-0.15, -0.1) is 0 Å². The highest BCUT2D eigenvalue weighted by molar-refractivity contribution is 5.53. The minimum absolute atomic E-state index is 0.245. The first-order valence-corrected chi connectivity index (χ1v) is 14.2. The normalized spacial score (nSPS) is 36.6. The van der Waals surface area contributed by atoms with Gasteiger partial charge in [0.2, 0.25) is 5.95 Å². The summed E-state index contributed by atoms with van der Waals surface area (Å²) in [5.41, 5.74) is 6.33. The molecular weight excluding hydrogens is 444 g/mol. The average molecular weight is 487 g/mol. The predicted octanol–water partition coefficient (Wildman–Crippen LogP) is 5.32. The molecule has 2 aromatic rings. The second-order valence-corrected chi connectivity index (χ2v) is 13.9. The molecule has 5 unspecified atom stereocenters. The van der Waals surface area contributed by atoms with Gasteiger partial charge < -0.3 is 9.64 Å². The molecule has 4 fully saturated rings. The average Bonchev–Trinajstić information content (AvgIpc) is 3.25. The van der Waals surface area contributed by atoms with Crippen molar-refractivity contribution in [1.29, 1.82) is 0 Å². The fraction of sp³-hybridized carbons (Fsp3) is 0.677. The zero-order chi connectivity index (χ0) is 25.0. The van der Waals surface area contributed by atoms with Gasteiger partial charge in [-0.3, -0.25) is 4.90 Å². The molecule has 2 saturated heterocycles. The van der Waals surface area contributed by atoms with Crippen LogP contribution in [0.25, 0.3) is 0 Å². The van der Waals surface area contributed by atoms with Gasteiger partial charge >= 0.3 is 0 Å². The van der Waals surface area contributed by atoms with Crippen LogP contribution >= 0.6 is 0 Å². The number of piperidine rings is 1. The van der Waals surface area contributed by atoms with E-state index in [9.17, 15) is 0 Å². The molecule has 7 rings (SSSR count). The summed E-state index contributed by atoms with van der Waals surface area (Å²) in [4.78, 5) is 15.4. The lowest BCUT2D eigenvalue weighted by Crippen LogP contribution is -2.70. The molecule has 1 aromatic carbocycles. The van der Waals surface area contributed by atoms with Crippen molar-refractivity contribution in [3.05, 3.63) is 46.8 Å². The van der Waals surface area contributed by atoms with Gasteiger partial charge in [0.25, 0.3) is 0 Å². The highest BCUT2D eigenvalue weighted by atomic mass is 16.5. The van der Waals surface area contributed by atoms with Crippen molar-refractivity contribution in [2.45, 2.75) is 84.2 Å². The molecule has 0 spiro atoms. The second kappa shape index (κ2) is 7.46. The monoisotopic (exact) mass is 486 g/mol. The third-order valence-electron chi connectivity index (χ3n) is 10.7. The number of anilines is 1. The van der Waals surface area contributed by atoms with Gasteiger partial charge in [0.15, 0.2) is 0 Å². The van der Waals surface area contributed by atoms with Crippen molar-refractivity contribution in [2.75, 3.05) is 31.6 Å². The summed E-state index contributed by atoms with van der Waals surface area (Å²) >= 11 is 0. The molecule has 192 valence electrons. The molecule has 4 bridgehead atoms. The van der Waals surface area contributed by atoms with Crippen LogP contribution in [0.1, 0.15) is 69.0 Å². The zero-order valence-electron chi connectivity index (χ0n) is 23.0. The Labute approximate surface area is 216 Å². The maximum atomic E-state index is 5.82. The second-order valence-electron chi connectivity index (χ2n) is 13.9. The van der Waals surface area contributed by atoms with E-state index < -0.39 is 0 Å². The topological polar surface area (TPSA) is 41.5 Å². The Bertz CT molecular complexity index is 1200. The molecule has 3 aliphatic carbocycles. The smallest absolute Gasteiger partial charge is 0.226 e. The molecular formula is C31H42N4O. The summed E-state index contributed by atoms with van der Waals surface area (Å²) in [5, 5.41) is 0. The fourth-order valence-corrected chi connectivity index (χ4v) is 10.1. The number of hydrogen-bond donors (Lipinski definition) is 0. The molecule has 5 aliphatic rings. The van der Waals surface area contributed by atoms with Gasteiger partial charge in [-0.2, -0.15) is 0 Å². The number of hydrogen-bond acceptors (Lipinski definition) is 5. The summed E-state index contributed by atoms with van der Waals surface area (Å²) in [6.07, 6.45) is 6.44. The largest absolute Gasteiger partial charge is 0.497 e. The third kappa shape index (κ3) is 2.92. The molecule has 2 aliphatic heterocycles. The van der Waals surface area contributed by atoms with Gasteiger partial charge in [-0.05, 0) is 104 Å². The van der Waals surface area contributed by atoms with Crippen molar-refractivity contribution in [3.8, 4) is 5.75 Å². The summed E-state index contributed by atoms with van der Waals surface area (Å²) in [5.74, 6) is 3.40. The lowest BCUT2D eigenvalue weighted by Gasteiger charge is -2.67. The number of aromatic nitrogens is 2. The molecule has 0 amide bonds. The first-order valence-electron chi connectivity index (χ1n) is 14.2. The number of likely N-dealkylation sites (tertiary alicyclic amines) is 1. The van der Waals surface area contributed by atoms with Crippen LogP contribution in [0.4, 0.5) is 5.95 Å². The first kappa shape index (κ1) is 23.0. The van der Waals surface area contributed by atoms with Crippen LogP contribution in [0.3, 0.4) is 0 Å². The summed E-state index contributed by atoms with van der Waals surface area (Å²) in [6, 6.07) is 10.3. The Kier molecular flexibility index (Phi) is 4.77. The van der Waals surface area contributed by atoms with E-state index in [-0.39, 0.29) is 5.41 Å². The van der Waals surface area contributed by atoms with E-state index in [1.165, 1.54) is 45.2 Å². The van der Waals surface area contributed by atoms with E-state index in [0.29, 0.717) is 28.8 Å². The number of nitrogens with zero attached hydrogens (tertiary/aromatic N) is 4. The van der Waals surface area contributed by atoms with E-state index >= 15 is 0 Å². The number of rotatable bonds is 3. The van der Waals surface area contributed by atoms with Gasteiger partial charge in [-0.1, -0.05) is 26.8 Å². The molecule has 3 heterocycles. The van der Waals surface area contributed by atoms with Gasteiger partial charge in [0.1, 0.15) is 5.75 Å². The zero-order valence-corrected chi connectivity index (χ0v) is 23.0. The Morgan fingerprint density at radius 3 is 2.58 bits per heavy atom. The van der Waals surface area contributed by atoms with E-state index in [0.717, 1.165) is 35.5 Å². The van der Waals surface area contributed by atoms with Gasteiger partial charge in [0.05, 0.1) is 7.11 Å². The van der Waals surface area contributed by atoms with Crippen molar-refractivity contribution in [1.82, 2.24) is 14.9 Å². The maximum absolute atomic E-state index is 5.82. The van der Waals surface area contributed by atoms with E-state index in [2.05, 4.69) is 68.7 Å². The lowest BCUT2D eigenvalue weighted by molar-refractivity contribution is -0.0986. The highest BCUT2D eigenvalue weighted by Gasteiger charge is 2.76. The van der Waals surface area contributed by atoms with Crippen LogP contribution in [0.2, 0.25) is 0 Å². The standard InChI is InChI=1S/C31H42N4O/c1-19-13-20(2)33-28(32-19)35-17-22-16-30-10-9-25(35)27(22)31(30)11-12-34(18-29(3,4)5)26(30)14-21-7-8-23(36-6)15-24(21)31/h7-8,13,15,22,25-27H,9-12,14,16-18H2,1-6H3/t22-,25?,26?,27?,30?,31?/m1/s1. The number of ether oxygens (including phenoxy) is 1. The van der Waals surface area contributed by atoms with Crippen molar-refractivity contribution >= 4 is 5.95 Å². The van der Waals surface area contributed by atoms with E-state index in [1.807, 2.05) is 7.11 Å². The summed E-state index contributed by atoms with van der Waals surface area (Å²) in [6.45, 7) is 15.0. The molecule has 5 nitrogen and oxygen atoms in total. The van der Waals surface area contributed by atoms with E-state index in [1.54, 1.807) is 11.1 Å². The number of methoxy groups -OCH3 is 1. The Balaban J connectivity index is 1.38. The SMILES string of the molecule is COc1ccc2c(c1)C13CCN(CC(C)(C)C)C(C2)C12CCC1C3[C@@H](CN1c1nc(C)cc(C)n1)C2. The first-order chi connectivity index (χ1) is 17.1. The maximum Gasteiger partial charge on any atom is 0.226 e.